The molecule has 0 fully saturated rings. The predicted molar refractivity (Wildman–Crippen MR) is 61.6 cm³/mol. The molecule has 0 unspecified atom stereocenters. The molecule has 1 aromatic heterocycles. The molecule has 1 aromatic carbocycles. The molecular formula is C12H13N3O. The number of amides is 1. The molecule has 1 heterocycles. The third-order valence-corrected chi connectivity index (χ3v) is 2.39. The normalized spacial score (nSPS) is 10.4. The summed E-state index contributed by atoms with van der Waals surface area (Å²) in [5.41, 5.74) is 8.49. The van der Waals surface area contributed by atoms with Crippen LogP contribution in [0.4, 0.5) is 0 Å². The van der Waals surface area contributed by atoms with Crippen molar-refractivity contribution in [3.05, 3.63) is 47.3 Å². The molecule has 0 aliphatic rings. The summed E-state index contributed by atoms with van der Waals surface area (Å²) in [6, 6.07) is 7.36. The van der Waals surface area contributed by atoms with Crippen molar-refractivity contribution in [1.82, 2.24) is 9.78 Å². The first kappa shape index (κ1) is 10.4. The number of carbonyl (C=O) groups excluding carboxylic acids is 1. The maximum Gasteiger partial charge on any atom is 0.250 e. The smallest absolute Gasteiger partial charge is 0.250 e. The zero-order chi connectivity index (χ0) is 11.7. The highest BCUT2D eigenvalue weighted by molar-refractivity contribution is 5.96. The molecule has 4 nitrogen and oxygen atoms in total. The number of carbonyl (C=O) groups is 1. The Hall–Kier alpha value is -2.10. The zero-order valence-corrected chi connectivity index (χ0v) is 9.27. The summed E-state index contributed by atoms with van der Waals surface area (Å²) < 4.78 is 1.67. The van der Waals surface area contributed by atoms with Crippen LogP contribution in [-0.2, 0) is 0 Å². The van der Waals surface area contributed by atoms with Crippen LogP contribution in [0.1, 0.15) is 21.6 Å². The van der Waals surface area contributed by atoms with E-state index in [1.807, 2.05) is 38.2 Å². The summed E-state index contributed by atoms with van der Waals surface area (Å²) in [5, 5.41) is 4.27. The lowest BCUT2D eigenvalue weighted by molar-refractivity contribution is 0.1000. The van der Waals surface area contributed by atoms with Gasteiger partial charge in [0.05, 0.1) is 16.9 Å². The SMILES string of the molecule is Cc1ccc(C(N)=O)c(-n2ccc(C)n2)c1. The van der Waals surface area contributed by atoms with Crippen molar-refractivity contribution >= 4 is 5.91 Å². The molecule has 0 aliphatic heterocycles. The Balaban J connectivity index is 2.62. The zero-order valence-electron chi connectivity index (χ0n) is 9.27. The van der Waals surface area contributed by atoms with Crippen LogP contribution in [0.5, 0.6) is 0 Å². The van der Waals surface area contributed by atoms with Crippen molar-refractivity contribution in [1.29, 1.82) is 0 Å². The van der Waals surface area contributed by atoms with E-state index in [2.05, 4.69) is 5.10 Å². The molecule has 0 radical (unpaired) electrons. The maximum absolute atomic E-state index is 11.3. The number of aryl methyl sites for hydroxylation is 2. The number of rotatable bonds is 2. The van der Waals surface area contributed by atoms with Gasteiger partial charge in [0.25, 0.3) is 5.91 Å². The largest absolute Gasteiger partial charge is 0.366 e. The van der Waals surface area contributed by atoms with E-state index in [1.165, 1.54) is 0 Å². The van der Waals surface area contributed by atoms with Gasteiger partial charge in [0.2, 0.25) is 0 Å². The van der Waals surface area contributed by atoms with Crippen LogP contribution in [0.3, 0.4) is 0 Å². The fourth-order valence-corrected chi connectivity index (χ4v) is 1.59. The molecule has 2 aromatic rings. The monoisotopic (exact) mass is 215 g/mol. The number of aromatic nitrogens is 2. The van der Waals surface area contributed by atoms with E-state index in [-0.39, 0.29) is 0 Å². The standard InChI is InChI=1S/C12H13N3O/c1-8-3-4-10(12(13)16)11(7-8)15-6-5-9(2)14-15/h3-7H,1-2H3,(H2,13,16). The van der Waals surface area contributed by atoms with Gasteiger partial charge in [-0.15, -0.1) is 0 Å². The third kappa shape index (κ3) is 1.82. The van der Waals surface area contributed by atoms with Gasteiger partial charge in [0.1, 0.15) is 0 Å². The second-order valence-electron chi connectivity index (χ2n) is 3.79. The van der Waals surface area contributed by atoms with Gasteiger partial charge in [-0.05, 0) is 37.6 Å². The van der Waals surface area contributed by atoms with Crippen molar-refractivity contribution in [3.63, 3.8) is 0 Å². The van der Waals surface area contributed by atoms with E-state index in [0.29, 0.717) is 5.56 Å². The van der Waals surface area contributed by atoms with Crippen LogP contribution in [0.25, 0.3) is 5.69 Å². The van der Waals surface area contributed by atoms with Crippen molar-refractivity contribution in [2.24, 2.45) is 5.73 Å². The Bertz CT molecular complexity index is 543. The van der Waals surface area contributed by atoms with E-state index in [1.54, 1.807) is 10.7 Å². The van der Waals surface area contributed by atoms with E-state index in [9.17, 15) is 4.79 Å². The fourth-order valence-electron chi connectivity index (χ4n) is 1.59. The number of hydrogen-bond donors (Lipinski definition) is 1. The van der Waals surface area contributed by atoms with Gasteiger partial charge >= 0.3 is 0 Å². The minimum absolute atomic E-state index is 0.442. The van der Waals surface area contributed by atoms with Crippen LogP contribution >= 0.6 is 0 Å². The first-order chi connectivity index (χ1) is 7.58. The highest BCUT2D eigenvalue weighted by atomic mass is 16.1. The van der Waals surface area contributed by atoms with Crippen LogP contribution < -0.4 is 5.73 Å². The summed E-state index contributed by atoms with van der Waals surface area (Å²) in [4.78, 5) is 11.3. The molecule has 2 N–H and O–H groups in total. The van der Waals surface area contributed by atoms with Gasteiger partial charge in [0, 0.05) is 6.20 Å². The van der Waals surface area contributed by atoms with Gasteiger partial charge < -0.3 is 5.73 Å². The molecule has 0 bridgehead atoms. The van der Waals surface area contributed by atoms with Crippen LogP contribution in [-0.4, -0.2) is 15.7 Å². The summed E-state index contributed by atoms with van der Waals surface area (Å²) in [5.74, 6) is -0.442. The van der Waals surface area contributed by atoms with Crippen molar-refractivity contribution in [2.75, 3.05) is 0 Å². The molecule has 82 valence electrons. The minimum Gasteiger partial charge on any atom is -0.366 e. The Kier molecular flexibility index (Phi) is 2.48. The highest BCUT2D eigenvalue weighted by Gasteiger charge is 2.10. The number of benzene rings is 1. The summed E-state index contributed by atoms with van der Waals surface area (Å²) in [6.45, 7) is 3.86. The lowest BCUT2D eigenvalue weighted by Crippen LogP contribution is -2.15. The summed E-state index contributed by atoms with van der Waals surface area (Å²) in [7, 11) is 0. The topological polar surface area (TPSA) is 60.9 Å². The third-order valence-electron chi connectivity index (χ3n) is 2.39. The number of hydrogen-bond acceptors (Lipinski definition) is 2. The maximum atomic E-state index is 11.3. The molecule has 0 saturated heterocycles. The Morgan fingerprint density at radius 3 is 2.62 bits per heavy atom. The van der Waals surface area contributed by atoms with E-state index < -0.39 is 5.91 Å². The van der Waals surface area contributed by atoms with E-state index >= 15 is 0 Å². The Labute approximate surface area is 93.7 Å². The van der Waals surface area contributed by atoms with Crippen LogP contribution in [0, 0.1) is 13.8 Å². The molecule has 1 amide bonds. The lowest BCUT2D eigenvalue weighted by atomic mass is 10.1. The Morgan fingerprint density at radius 1 is 1.31 bits per heavy atom. The average Bonchev–Trinajstić information content (AvgIpc) is 2.64. The molecule has 0 saturated carbocycles. The van der Waals surface area contributed by atoms with Crippen molar-refractivity contribution < 1.29 is 4.79 Å². The first-order valence-corrected chi connectivity index (χ1v) is 5.01. The molecule has 2 rings (SSSR count). The van der Waals surface area contributed by atoms with Gasteiger partial charge in [-0.2, -0.15) is 5.10 Å². The molecule has 0 aliphatic carbocycles. The summed E-state index contributed by atoms with van der Waals surface area (Å²) >= 11 is 0. The molecule has 16 heavy (non-hydrogen) atoms. The van der Waals surface area contributed by atoms with E-state index in [4.69, 9.17) is 5.73 Å². The second-order valence-corrected chi connectivity index (χ2v) is 3.79. The molecule has 0 atom stereocenters. The van der Waals surface area contributed by atoms with Gasteiger partial charge in [-0.1, -0.05) is 6.07 Å². The lowest BCUT2D eigenvalue weighted by Gasteiger charge is -2.07. The van der Waals surface area contributed by atoms with Gasteiger partial charge in [-0.25, -0.2) is 4.68 Å². The number of nitrogens with zero attached hydrogens (tertiary/aromatic N) is 2. The highest BCUT2D eigenvalue weighted by Crippen LogP contribution is 2.16. The molecule has 0 spiro atoms. The van der Waals surface area contributed by atoms with Crippen LogP contribution in [0.2, 0.25) is 0 Å². The molecule has 4 heteroatoms. The number of primary amides is 1. The van der Waals surface area contributed by atoms with Crippen molar-refractivity contribution in [3.8, 4) is 5.69 Å². The molecular weight excluding hydrogens is 202 g/mol. The fraction of sp³-hybridized carbons (Fsp3) is 0.167. The quantitative estimate of drug-likeness (QED) is 0.826. The van der Waals surface area contributed by atoms with E-state index in [0.717, 1.165) is 16.9 Å². The first-order valence-electron chi connectivity index (χ1n) is 5.01. The summed E-state index contributed by atoms with van der Waals surface area (Å²) in [6.07, 6.45) is 1.82. The van der Waals surface area contributed by atoms with Gasteiger partial charge in [0.15, 0.2) is 0 Å². The minimum atomic E-state index is -0.442. The average molecular weight is 215 g/mol. The van der Waals surface area contributed by atoms with Crippen molar-refractivity contribution in [2.45, 2.75) is 13.8 Å². The predicted octanol–water partition coefficient (Wildman–Crippen LogP) is 1.59. The second kappa shape index (κ2) is 3.81. The number of nitrogens with two attached hydrogens (primary N) is 1. The van der Waals surface area contributed by atoms with Crippen LogP contribution in [0.15, 0.2) is 30.5 Å². The van der Waals surface area contributed by atoms with Gasteiger partial charge in [-0.3, -0.25) is 4.79 Å². The Morgan fingerprint density at radius 2 is 2.06 bits per heavy atom.